The number of hydrogen-bond acceptors (Lipinski definition) is 6. The summed E-state index contributed by atoms with van der Waals surface area (Å²) in [6.45, 7) is 4.11. The van der Waals surface area contributed by atoms with Crippen LogP contribution in [-0.2, 0) is 14.8 Å². The van der Waals surface area contributed by atoms with Gasteiger partial charge in [0.2, 0.25) is 0 Å². The molecule has 0 aliphatic heterocycles. The van der Waals surface area contributed by atoms with Crippen molar-refractivity contribution < 1.29 is 27.1 Å². The van der Waals surface area contributed by atoms with E-state index in [1.165, 1.54) is 19.2 Å². The Kier molecular flexibility index (Phi) is 6.79. The molecule has 1 N–H and O–H groups in total. The number of esters is 1. The van der Waals surface area contributed by atoms with E-state index in [0.29, 0.717) is 51.1 Å². The van der Waals surface area contributed by atoms with E-state index < -0.39 is 16.0 Å². The Bertz CT molecular complexity index is 1440. The maximum Gasteiger partial charge on any atom is 0.342 e. The summed E-state index contributed by atoms with van der Waals surface area (Å²) in [6, 6.07) is 15.1. The van der Waals surface area contributed by atoms with Gasteiger partial charge in [-0.15, -0.1) is 0 Å². The summed E-state index contributed by atoms with van der Waals surface area (Å²) in [7, 11) is -2.38. The van der Waals surface area contributed by atoms with Crippen molar-refractivity contribution in [3.63, 3.8) is 0 Å². The molecule has 0 unspecified atom stereocenters. The molecule has 0 aliphatic carbocycles. The van der Waals surface area contributed by atoms with Gasteiger partial charge in [-0.3, -0.25) is 4.72 Å². The van der Waals surface area contributed by atoms with Crippen LogP contribution < -0.4 is 9.46 Å². The van der Waals surface area contributed by atoms with Crippen molar-refractivity contribution in [2.45, 2.75) is 38.0 Å². The molecule has 1 heterocycles. The first-order valence-electron chi connectivity index (χ1n) is 11.1. The summed E-state index contributed by atoms with van der Waals surface area (Å²) < 4.78 is 45.5. The Balaban J connectivity index is 1.79. The number of sulfonamides is 1. The number of carbonyl (C=O) groups is 1. The molecule has 0 spiro atoms. The fourth-order valence-corrected chi connectivity index (χ4v) is 4.99. The van der Waals surface area contributed by atoms with Gasteiger partial charge in [0, 0.05) is 16.2 Å². The lowest BCUT2D eigenvalue weighted by molar-refractivity contribution is 0.0498. The number of aryl methyl sites for hydroxylation is 1. The average molecular weight is 482 g/mol. The third kappa shape index (κ3) is 4.59. The smallest absolute Gasteiger partial charge is 0.342 e. The first-order chi connectivity index (χ1) is 16.4. The quantitative estimate of drug-likeness (QED) is 0.231. The highest BCUT2D eigenvalue weighted by atomic mass is 32.2. The van der Waals surface area contributed by atoms with Crippen molar-refractivity contribution in [2.75, 3.05) is 18.4 Å². The molecule has 3 aromatic carbocycles. The molecule has 0 atom stereocenters. The molecule has 4 rings (SSSR count). The number of anilines is 1. The molecule has 0 saturated heterocycles. The fraction of sp³-hybridized carbons (Fsp3) is 0.269. The van der Waals surface area contributed by atoms with Crippen LogP contribution in [0.15, 0.2) is 63.9 Å². The van der Waals surface area contributed by atoms with E-state index in [1.807, 2.05) is 18.2 Å². The number of nitrogens with one attached hydrogen (secondary N) is 1. The van der Waals surface area contributed by atoms with E-state index in [4.69, 9.17) is 13.9 Å². The van der Waals surface area contributed by atoms with Crippen molar-refractivity contribution in [2.24, 2.45) is 0 Å². The highest BCUT2D eigenvalue weighted by Gasteiger charge is 2.24. The van der Waals surface area contributed by atoms with Crippen molar-refractivity contribution in [3.8, 4) is 5.75 Å². The van der Waals surface area contributed by atoms with Crippen LogP contribution >= 0.6 is 0 Å². The minimum absolute atomic E-state index is 0.0939. The number of rotatable bonds is 9. The zero-order chi connectivity index (χ0) is 24.3. The van der Waals surface area contributed by atoms with Gasteiger partial charge in [0.15, 0.2) is 0 Å². The van der Waals surface area contributed by atoms with Crippen molar-refractivity contribution >= 4 is 43.4 Å². The molecule has 0 radical (unpaired) electrons. The summed E-state index contributed by atoms with van der Waals surface area (Å²) >= 11 is 0. The summed E-state index contributed by atoms with van der Waals surface area (Å²) in [5.74, 6) is 0.504. The Morgan fingerprint density at radius 2 is 1.71 bits per heavy atom. The van der Waals surface area contributed by atoms with Gasteiger partial charge in [-0.25, -0.2) is 13.2 Å². The van der Waals surface area contributed by atoms with Crippen LogP contribution in [-0.4, -0.2) is 28.1 Å². The maximum atomic E-state index is 13.1. The minimum Gasteiger partial charge on any atom is -0.497 e. The second kappa shape index (κ2) is 9.77. The normalized spacial score (nSPS) is 11.6. The van der Waals surface area contributed by atoms with E-state index in [-0.39, 0.29) is 4.90 Å². The van der Waals surface area contributed by atoms with Crippen LogP contribution in [0.3, 0.4) is 0 Å². The van der Waals surface area contributed by atoms with Gasteiger partial charge in [0.1, 0.15) is 22.7 Å². The summed E-state index contributed by atoms with van der Waals surface area (Å²) in [6.07, 6.45) is 2.78. The monoisotopic (exact) mass is 481 g/mol. The van der Waals surface area contributed by atoms with Gasteiger partial charge >= 0.3 is 5.97 Å². The lowest BCUT2D eigenvalue weighted by Crippen LogP contribution is -2.13. The molecule has 4 aromatic rings. The van der Waals surface area contributed by atoms with Crippen LogP contribution in [0.25, 0.3) is 21.7 Å². The highest BCUT2D eigenvalue weighted by molar-refractivity contribution is 7.92. The molecule has 0 bridgehead atoms. The number of ether oxygens (including phenoxy) is 2. The third-order valence-corrected chi connectivity index (χ3v) is 7.05. The van der Waals surface area contributed by atoms with Crippen LogP contribution in [0, 0.1) is 6.92 Å². The lowest BCUT2D eigenvalue weighted by Gasteiger charge is -2.12. The number of methoxy groups -OCH3 is 1. The van der Waals surface area contributed by atoms with Gasteiger partial charge in [0.05, 0.1) is 24.3 Å². The predicted octanol–water partition coefficient (Wildman–Crippen LogP) is 6.05. The second-order valence-electron chi connectivity index (χ2n) is 8.00. The van der Waals surface area contributed by atoms with Gasteiger partial charge < -0.3 is 13.9 Å². The van der Waals surface area contributed by atoms with Gasteiger partial charge in [0.25, 0.3) is 10.0 Å². The molecule has 0 aliphatic rings. The molecular weight excluding hydrogens is 454 g/mol. The van der Waals surface area contributed by atoms with Crippen molar-refractivity contribution in [3.05, 3.63) is 65.9 Å². The second-order valence-corrected chi connectivity index (χ2v) is 9.69. The highest BCUT2D eigenvalue weighted by Crippen LogP contribution is 2.37. The summed E-state index contributed by atoms with van der Waals surface area (Å²) in [5, 5.41) is 1.85. The van der Waals surface area contributed by atoms with E-state index >= 15 is 0 Å². The van der Waals surface area contributed by atoms with Crippen LogP contribution in [0.5, 0.6) is 5.75 Å². The third-order valence-electron chi connectivity index (χ3n) is 5.67. The summed E-state index contributed by atoms with van der Waals surface area (Å²) in [4.78, 5) is 13.0. The van der Waals surface area contributed by atoms with Crippen LogP contribution in [0.1, 0.15) is 42.3 Å². The molecule has 1 aromatic heterocycles. The summed E-state index contributed by atoms with van der Waals surface area (Å²) in [5.41, 5.74) is 1.17. The zero-order valence-electron chi connectivity index (χ0n) is 19.4. The Morgan fingerprint density at radius 1 is 1.00 bits per heavy atom. The minimum atomic E-state index is -3.90. The number of carbonyl (C=O) groups excluding carboxylic acids is 1. The van der Waals surface area contributed by atoms with Gasteiger partial charge in [-0.05, 0) is 43.7 Å². The first-order valence-corrected chi connectivity index (χ1v) is 12.6. The number of benzene rings is 3. The lowest BCUT2D eigenvalue weighted by atomic mass is 10.0. The number of unbranched alkanes of at least 4 members (excludes halogenated alkanes) is 2. The van der Waals surface area contributed by atoms with Crippen LogP contribution in [0.2, 0.25) is 0 Å². The Labute approximate surface area is 198 Å². The Hall–Kier alpha value is -3.52. The SMILES string of the molecule is CCCCCOC(=O)c1c(C)oc2c1cc(NS(=O)(=O)c1ccc(OC)cc1)c1ccccc12. The molecular formula is C26H27NO6S. The predicted molar refractivity (Wildman–Crippen MR) is 132 cm³/mol. The fourth-order valence-electron chi connectivity index (χ4n) is 3.92. The topological polar surface area (TPSA) is 94.8 Å². The number of furan rings is 1. The molecule has 178 valence electrons. The van der Waals surface area contributed by atoms with Crippen molar-refractivity contribution in [1.29, 1.82) is 0 Å². The van der Waals surface area contributed by atoms with Gasteiger partial charge in [-0.2, -0.15) is 0 Å². The number of hydrogen-bond donors (Lipinski definition) is 1. The maximum absolute atomic E-state index is 13.1. The van der Waals surface area contributed by atoms with E-state index in [1.54, 1.807) is 31.2 Å². The van der Waals surface area contributed by atoms with Crippen molar-refractivity contribution in [1.82, 2.24) is 0 Å². The van der Waals surface area contributed by atoms with E-state index in [0.717, 1.165) is 19.3 Å². The molecule has 0 amide bonds. The number of fused-ring (bicyclic) bond motifs is 3. The zero-order valence-corrected chi connectivity index (χ0v) is 20.2. The largest absolute Gasteiger partial charge is 0.497 e. The standard InChI is InChI=1S/C26H27NO6S/c1-4-5-8-15-32-26(28)24-17(2)33-25-21-10-7-6-9-20(21)23(16-22(24)25)27-34(29,30)19-13-11-18(31-3)12-14-19/h6-7,9-14,16,27H,4-5,8,15H2,1-3H3. The molecule has 34 heavy (non-hydrogen) atoms. The van der Waals surface area contributed by atoms with Gasteiger partial charge in [-0.1, -0.05) is 44.0 Å². The van der Waals surface area contributed by atoms with E-state index in [9.17, 15) is 13.2 Å². The van der Waals surface area contributed by atoms with Crippen LogP contribution in [0.4, 0.5) is 5.69 Å². The Morgan fingerprint density at radius 3 is 2.38 bits per heavy atom. The average Bonchev–Trinajstić information content (AvgIpc) is 3.17. The molecule has 7 nitrogen and oxygen atoms in total. The first kappa shape index (κ1) is 23.6. The molecule has 0 saturated carbocycles. The molecule has 8 heteroatoms. The molecule has 0 fully saturated rings. The van der Waals surface area contributed by atoms with E-state index in [2.05, 4.69) is 11.6 Å².